The minimum atomic E-state index is 0.0304. The number of hydrogen-bond donors (Lipinski definition) is 2. The molecule has 0 radical (unpaired) electrons. The van der Waals surface area contributed by atoms with Crippen LogP contribution in [-0.4, -0.2) is 33.4 Å². The number of nitrogens with zero attached hydrogens (tertiary/aromatic N) is 3. The monoisotopic (exact) mass is 354 g/mol. The Balaban J connectivity index is 2.61. The van der Waals surface area contributed by atoms with E-state index >= 15 is 0 Å². The summed E-state index contributed by atoms with van der Waals surface area (Å²) in [5.41, 5.74) is 1.94. The molecule has 1 heterocycles. The van der Waals surface area contributed by atoms with Crippen molar-refractivity contribution in [1.82, 2.24) is 15.0 Å². The molecular formula is C18H34N4O3. The lowest BCUT2D eigenvalue weighted by atomic mass is 10.0. The molecule has 0 aromatic carbocycles. The van der Waals surface area contributed by atoms with Crippen molar-refractivity contribution >= 4 is 5.95 Å². The lowest BCUT2D eigenvalue weighted by Crippen LogP contribution is -2.15. The van der Waals surface area contributed by atoms with E-state index in [-0.39, 0.29) is 18.0 Å². The first kappa shape index (κ1) is 21.4. The van der Waals surface area contributed by atoms with E-state index in [9.17, 15) is 0 Å². The lowest BCUT2D eigenvalue weighted by molar-refractivity contribution is 0.201. The summed E-state index contributed by atoms with van der Waals surface area (Å²) in [5, 5.41) is 9.11. The lowest BCUT2D eigenvalue weighted by Gasteiger charge is -2.15. The molecule has 1 aromatic rings. The van der Waals surface area contributed by atoms with E-state index in [4.69, 9.17) is 14.7 Å². The van der Waals surface area contributed by atoms with Crippen LogP contribution in [0, 0.1) is 11.8 Å². The highest BCUT2D eigenvalue weighted by Gasteiger charge is 2.13. The van der Waals surface area contributed by atoms with Crippen LogP contribution < -0.4 is 15.0 Å². The normalized spacial score (nSPS) is 13.3. The molecule has 0 aliphatic heterocycles. The fourth-order valence-electron chi connectivity index (χ4n) is 2.46. The van der Waals surface area contributed by atoms with Gasteiger partial charge in [-0.05, 0) is 24.7 Å². The molecule has 0 aliphatic carbocycles. The molecule has 2 atom stereocenters. The highest BCUT2D eigenvalue weighted by molar-refractivity contribution is 5.24. The molecule has 0 saturated heterocycles. The molecule has 0 saturated carbocycles. The number of anilines is 1. The number of aromatic nitrogens is 3. The Hall–Kier alpha value is -1.63. The number of rotatable bonds is 14. The van der Waals surface area contributed by atoms with Gasteiger partial charge in [-0.1, -0.05) is 59.8 Å². The number of nitrogens with one attached hydrogen (secondary N) is 1. The second kappa shape index (κ2) is 12.7. The van der Waals surface area contributed by atoms with E-state index in [1.54, 1.807) is 0 Å². The predicted octanol–water partition coefficient (Wildman–Crippen LogP) is 4.47. The maximum atomic E-state index is 9.11. The van der Waals surface area contributed by atoms with Crippen molar-refractivity contribution in [3.63, 3.8) is 0 Å². The van der Waals surface area contributed by atoms with Crippen molar-refractivity contribution in [3.05, 3.63) is 0 Å². The molecule has 2 N–H and O–H groups in total. The summed E-state index contributed by atoms with van der Waals surface area (Å²) >= 11 is 0. The molecule has 144 valence electrons. The number of hydrogen-bond acceptors (Lipinski definition) is 7. The number of ether oxygens (including phenoxy) is 2. The van der Waals surface area contributed by atoms with Gasteiger partial charge in [-0.3, -0.25) is 5.21 Å². The summed E-state index contributed by atoms with van der Waals surface area (Å²) in [7, 11) is 0. The van der Waals surface area contributed by atoms with Crippen LogP contribution in [0.4, 0.5) is 5.95 Å². The summed E-state index contributed by atoms with van der Waals surface area (Å²) in [5.74, 6) is 0.925. The van der Waals surface area contributed by atoms with Crippen LogP contribution in [0.25, 0.3) is 0 Å². The Labute approximate surface area is 151 Å². The van der Waals surface area contributed by atoms with Gasteiger partial charge in [0, 0.05) is 0 Å². The number of unbranched alkanes of at least 4 members (excludes halogenated alkanes) is 2. The molecule has 2 unspecified atom stereocenters. The summed E-state index contributed by atoms with van der Waals surface area (Å²) in [6, 6.07) is 0.351. The zero-order chi connectivity index (χ0) is 18.5. The molecule has 0 amide bonds. The Morgan fingerprint density at radius 3 is 2.08 bits per heavy atom. The van der Waals surface area contributed by atoms with Gasteiger partial charge in [0.1, 0.15) is 0 Å². The molecule has 1 rings (SSSR count). The average Bonchev–Trinajstić information content (AvgIpc) is 2.64. The Morgan fingerprint density at radius 1 is 0.920 bits per heavy atom. The second-order valence-corrected chi connectivity index (χ2v) is 6.62. The van der Waals surface area contributed by atoms with Gasteiger partial charge >= 0.3 is 12.0 Å². The Morgan fingerprint density at radius 2 is 1.52 bits per heavy atom. The maximum absolute atomic E-state index is 9.11. The largest absolute Gasteiger partial charge is 0.463 e. The zero-order valence-electron chi connectivity index (χ0n) is 16.1. The average molecular weight is 354 g/mol. The van der Waals surface area contributed by atoms with Gasteiger partial charge in [-0.15, -0.1) is 4.98 Å². The van der Waals surface area contributed by atoms with E-state index in [2.05, 4.69) is 42.6 Å². The van der Waals surface area contributed by atoms with Crippen LogP contribution in [0.5, 0.6) is 12.0 Å². The van der Waals surface area contributed by atoms with Crippen LogP contribution in [-0.2, 0) is 0 Å². The fourth-order valence-corrected chi connectivity index (χ4v) is 2.46. The Kier molecular flexibility index (Phi) is 10.9. The summed E-state index contributed by atoms with van der Waals surface area (Å²) < 4.78 is 11.4. The first-order valence-electron chi connectivity index (χ1n) is 9.54. The van der Waals surface area contributed by atoms with Crippen molar-refractivity contribution in [2.75, 3.05) is 18.7 Å². The van der Waals surface area contributed by atoms with E-state index in [1.807, 2.05) is 5.48 Å². The maximum Gasteiger partial charge on any atom is 0.324 e. The second-order valence-electron chi connectivity index (χ2n) is 6.62. The van der Waals surface area contributed by atoms with Crippen LogP contribution >= 0.6 is 0 Å². The third kappa shape index (κ3) is 8.86. The summed E-state index contributed by atoms with van der Waals surface area (Å²) in [6.07, 6.45) is 7.99. The Bertz CT molecular complexity index is 474. The van der Waals surface area contributed by atoms with Gasteiger partial charge in [0.15, 0.2) is 0 Å². The van der Waals surface area contributed by atoms with Crippen LogP contribution in [0.15, 0.2) is 0 Å². The smallest absolute Gasteiger partial charge is 0.324 e. The van der Waals surface area contributed by atoms with Crippen molar-refractivity contribution in [2.24, 2.45) is 11.8 Å². The van der Waals surface area contributed by atoms with Crippen molar-refractivity contribution in [3.8, 4) is 12.0 Å². The van der Waals surface area contributed by atoms with Crippen LogP contribution in [0.2, 0.25) is 0 Å². The van der Waals surface area contributed by atoms with E-state index < -0.39 is 0 Å². The first-order valence-corrected chi connectivity index (χ1v) is 9.54. The van der Waals surface area contributed by atoms with Gasteiger partial charge in [0.2, 0.25) is 0 Å². The van der Waals surface area contributed by atoms with Gasteiger partial charge in [0.25, 0.3) is 5.95 Å². The molecule has 0 fully saturated rings. The van der Waals surface area contributed by atoms with E-state index in [0.29, 0.717) is 25.0 Å². The first-order chi connectivity index (χ1) is 12.1. The van der Waals surface area contributed by atoms with Crippen molar-refractivity contribution in [1.29, 1.82) is 0 Å². The van der Waals surface area contributed by atoms with E-state index in [1.165, 1.54) is 25.7 Å². The molecule has 7 heteroatoms. The van der Waals surface area contributed by atoms with Crippen LogP contribution in [0.1, 0.15) is 72.6 Å². The minimum Gasteiger partial charge on any atom is -0.463 e. The molecular weight excluding hydrogens is 320 g/mol. The molecule has 1 aromatic heterocycles. The molecule has 25 heavy (non-hydrogen) atoms. The quantitative estimate of drug-likeness (QED) is 0.476. The summed E-state index contributed by atoms with van der Waals surface area (Å²) in [6.45, 7) is 9.74. The van der Waals surface area contributed by atoms with Gasteiger partial charge in [-0.2, -0.15) is 9.97 Å². The van der Waals surface area contributed by atoms with Gasteiger partial charge in [-0.25, -0.2) is 5.48 Å². The topological polar surface area (TPSA) is 89.4 Å². The molecule has 7 nitrogen and oxygen atoms in total. The standard InChI is InChI=1S/C18H34N4O3/c1-5-8-10-14(4)12-24-17-19-16(22-23)20-18(21-17)25-13-15(7-3)11-9-6-2/h14-15,23H,5-13H2,1-4H3,(H,19,20,21,22). The molecule has 0 aliphatic rings. The highest BCUT2D eigenvalue weighted by Crippen LogP contribution is 2.18. The van der Waals surface area contributed by atoms with Crippen molar-refractivity contribution < 1.29 is 14.7 Å². The van der Waals surface area contributed by atoms with Gasteiger partial charge in [0.05, 0.1) is 13.2 Å². The summed E-state index contributed by atoms with van der Waals surface area (Å²) in [4.78, 5) is 12.2. The van der Waals surface area contributed by atoms with E-state index in [0.717, 1.165) is 19.3 Å². The SMILES string of the molecule is CCCCC(C)COc1nc(NO)nc(OCC(CC)CCCC)n1. The van der Waals surface area contributed by atoms with Crippen molar-refractivity contribution in [2.45, 2.75) is 72.6 Å². The highest BCUT2D eigenvalue weighted by atomic mass is 16.5. The van der Waals surface area contributed by atoms with Gasteiger partial charge < -0.3 is 9.47 Å². The molecule has 0 bridgehead atoms. The molecule has 0 spiro atoms. The minimum absolute atomic E-state index is 0.0304. The zero-order valence-corrected chi connectivity index (χ0v) is 16.1. The fraction of sp³-hybridized carbons (Fsp3) is 0.833. The predicted molar refractivity (Wildman–Crippen MR) is 98.2 cm³/mol. The van der Waals surface area contributed by atoms with Crippen LogP contribution in [0.3, 0.4) is 0 Å². The third-order valence-electron chi connectivity index (χ3n) is 4.23. The third-order valence-corrected chi connectivity index (χ3v) is 4.23.